The van der Waals surface area contributed by atoms with Crippen molar-refractivity contribution < 1.29 is 14.3 Å². The van der Waals surface area contributed by atoms with E-state index >= 15 is 0 Å². The summed E-state index contributed by atoms with van der Waals surface area (Å²) >= 11 is 12.0. The number of carboxylic acid groups (broad SMARTS) is 1. The largest absolute Gasteiger partial charge is 0.465 e. The number of aromatic nitrogens is 1. The number of hydrogen-bond donors (Lipinski definition) is 2. The lowest BCUT2D eigenvalue weighted by molar-refractivity contribution is 0.181. The van der Waals surface area contributed by atoms with Crippen molar-refractivity contribution in [3.8, 4) is 0 Å². The lowest BCUT2D eigenvalue weighted by atomic mass is 9.83. The van der Waals surface area contributed by atoms with Gasteiger partial charge in [0.05, 0.1) is 5.02 Å². The smallest absolute Gasteiger partial charge is 0.404 e. The molecule has 0 aromatic carbocycles. The van der Waals surface area contributed by atoms with Crippen LogP contribution in [0.1, 0.15) is 37.4 Å². The molecule has 2 aromatic rings. The van der Waals surface area contributed by atoms with Crippen molar-refractivity contribution >= 4 is 40.4 Å². The van der Waals surface area contributed by atoms with Crippen LogP contribution in [0.2, 0.25) is 10.2 Å². The second-order valence-corrected chi connectivity index (χ2v) is 6.03. The van der Waals surface area contributed by atoms with Crippen molar-refractivity contribution in [2.75, 3.05) is 0 Å². The van der Waals surface area contributed by atoms with Gasteiger partial charge < -0.3 is 14.8 Å². The Morgan fingerprint density at radius 2 is 2.10 bits per heavy atom. The molecule has 0 aliphatic heterocycles. The number of hydrogen-bond acceptors (Lipinski definition) is 3. The standard InChI is InChI=1S/C14H14Cl2N2O3/c15-8-5-12(16)17-10-6-11(21-13(8)10)7-3-1-2-4-9(7)18-14(19)20/h5-7,9,18H,1-4H2,(H,19,20)/t7-,9+/m1/s1. The Kier molecular flexibility index (Phi) is 3.95. The van der Waals surface area contributed by atoms with E-state index in [1.165, 1.54) is 6.07 Å². The summed E-state index contributed by atoms with van der Waals surface area (Å²) in [5.41, 5.74) is 1.10. The van der Waals surface area contributed by atoms with Gasteiger partial charge in [0.25, 0.3) is 0 Å². The molecule has 0 bridgehead atoms. The number of pyridine rings is 1. The zero-order valence-electron chi connectivity index (χ0n) is 11.1. The molecule has 7 heteroatoms. The van der Waals surface area contributed by atoms with Gasteiger partial charge in [-0.1, -0.05) is 36.0 Å². The first kappa shape index (κ1) is 14.5. The Morgan fingerprint density at radius 1 is 1.33 bits per heavy atom. The zero-order valence-corrected chi connectivity index (χ0v) is 12.6. The van der Waals surface area contributed by atoms with Crippen LogP contribution in [0.25, 0.3) is 11.1 Å². The number of rotatable bonds is 2. The fourth-order valence-corrected chi connectivity index (χ4v) is 3.45. The van der Waals surface area contributed by atoms with E-state index in [-0.39, 0.29) is 12.0 Å². The first-order valence-electron chi connectivity index (χ1n) is 6.79. The van der Waals surface area contributed by atoms with Crippen molar-refractivity contribution in [1.82, 2.24) is 10.3 Å². The molecule has 1 aliphatic carbocycles. The highest BCUT2D eigenvalue weighted by molar-refractivity contribution is 6.37. The molecule has 21 heavy (non-hydrogen) atoms. The van der Waals surface area contributed by atoms with Crippen LogP contribution in [0.3, 0.4) is 0 Å². The quantitative estimate of drug-likeness (QED) is 0.799. The van der Waals surface area contributed by atoms with Crippen molar-refractivity contribution in [3.05, 3.63) is 28.1 Å². The van der Waals surface area contributed by atoms with E-state index in [9.17, 15) is 4.79 Å². The molecule has 0 spiro atoms. The number of amides is 1. The van der Waals surface area contributed by atoms with Gasteiger partial charge in [0.1, 0.15) is 16.4 Å². The highest BCUT2D eigenvalue weighted by Gasteiger charge is 2.30. The van der Waals surface area contributed by atoms with Crippen LogP contribution in [0.4, 0.5) is 4.79 Å². The van der Waals surface area contributed by atoms with E-state index in [1.54, 1.807) is 6.07 Å². The van der Waals surface area contributed by atoms with Crippen molar-refractivity contribution in [3.63, 3.8) is 0 Å². The minimum absolute atomic E-state index is 0.00103. The van der Waals surface area contributed by atoms with E-state index in [4.69, 9.17) is 32.7 Å². The average Bonchev–Trinajstić information content (AvgIpc) is 2.82. The van der Waals surface area contributed by atoms with Gasteiger partial charge in [0, 0.05) is 18.0 Å². The molecule has 2 aromatic heterocycles. The number of fused-ring (bicyclic) bond motifs is 1. The topological polar surface area (TPSA) is 75.4 Å². The summed E-state index contributed by atoms with van der Waals surface area (Å²) in [5.74, 6) is 0.707. The first-order chi connectivity index (χ1) is 10.0. The van der Waals surface area contributed by atoms with Crippen LogP contribution >= 0.6 is 23.2 Å². The Hall–Kier alpha value is -1.46. The molecule has 3 rings (SSSR count). The van der Waals surface area contributed by atoms with Gasteiger partial charge in [0.2, 0.25) is 0 Å². The molecular weight excluding hydrogens is 315 g/mol. The summed E-state index contributed by atoms with van der Waals surface area (Å²) in [6.07, 6.45) is 2.71. The highest BCUT2D eigenvalue weighted by Crippen LogP contribution is 2.37. The van der Waals surface area contributed by atoms with Gasteiger partial charge in [0.15, 0.2) is 5.58 Å². The van der Waals surface area contributed by atoms with E-state index in [2.05, 4.69) is 10.3 Å². The second-order valence-electron chi connectivity index (χ2n) is 5.24. The molecular formula is C14H14Cl2N2O3. The lowest BCUT2D eigenvalue weighted by Crippen LogP contribution is -2.40. The van der Waals surface area contributed by atoms with Gasteiger partial charge in [-0.25, -0.2) is 9.78 Å². The molecule has 0 unspecified atom stereocenters. The highest BCUT2D eigenvalue weighted by atomic mass is 35.5. The molecule has 112 valence electrons. The van der Waals surface area contributed by atoms with Crippen molar-refractivity contribution in [2.24, 2.45) is 0 Å². The van der Waals surface area contributed by atoms with Gasteiger partial charge >= 0.3 is 6.09 Å². The van der Waals surface area contributed by atoms with Crippen LogP contribution in [-0.2, 0) is 0 Å². The molecule has 1 saturated carbocycles. The molecule has 2 heterocycles. The zero-order chi connectivity index (χ0) is 15.0. The molecule has 1 aliphatic rings. The van der Waals surface area contributed by atoms with E-state index < -0.39 is 6.09 Å². The lowest BCUT2D eigenvalue weighted by Gasteiger charge is -2.29. The van der Waals surface area contributed by atoms with Gasteiger partial charge in [-0.3, -0.25) is 0 Å². The average molecular weight is 329 g/mol. The number of carbonyl (C=O) groups is 1. The first-order valence-corrected chi connectivity index (χ1v) is 7.55. The Labute approximate surface area is 131 Å². The predicted molar refractivity (Wildman–Crippen MR) is 80.2 cm³/mol. The number of nitrogens with one attached hydrogen (secondary N) is 1. The van der Waals surface area contributed by atoms with E-state index in [0.717, 1.165) is 25.7 Å². The third-order valence-electron chi connectivity index (χ3n) is 3.86. The Bertz CT molecular complexity index is 686. The van der Waals surface area contributed by atoms with Gasteiger partial charge in [-0.05, 0) is 18.9 Å². The predicted octanol–water partition coefficient (Wildman–Crippen LogP) is 4.43. The molecule has 0 saturated heterocycles. The molecule has 2 atom stereocenters. The molecule has 1 fully saturated rings. The summed E-state index contributed by atoms with van der Waals surface area (Å²) in [6, 6.07) is 3.19. The van der Waals surface area contributed by atoms with Gasteiger partial charge in [-0.2, -0.15) is 0 Å². The van der Waals surface area contributed by atoms with Crippen LogP contribution in [0.5, 0.6) is 0 Å². The minimum Gasteiger partial charge on any atom is -0.465 e. The summed E-state index contributed by atoms with van der Waals surface area (Å²) in [5, 5.41) is 12.3. The molecule has 2 N–H and O–H groups in total. The van der Waals surface area contributed by atoms with Crippen LogP contribution in [0, 0.1) is 0 Å². The van der Waals surface area contributed by atoms with Crippen molar-refractivity contribution in [2.45, 2.75) is 37.6 Å². The van der Waals surface area contributed by atoms with Crippen molar-refractivity contribution in [1.29, 1.82) is 0 Å². The van der Waals surface area contributed by atoms with E-state index in [0.29, 0.717) is 27.0 Å². The Morgan fingerprint density at radius 3 is 2.86 bits per heavy atom. The SMILES string of the molecule is O=C(O)N[C@H]1CCCC[C@H]1c1cc2nc(Cl)cc(Cl)c2o1. The maximum atomic E-state index is 10.9. The maximum absolute atomic E-state index is 10.9. The van der Waals surface area contributed by atoms with Gasteiger partial charge in [-0.15, -0.1) is 0 Å². The third-order valence-corrected chi connectivity index (χ3v) is 4.34. The fraction of sp³-hybridized carbons (Fsp3) is 0.429. The van der Waals surface area contributed by atoms with E-state index in [1.807, 2.05) is 0 Å². The fourth-order valence-electron chi connectivity index (χ4n) is 2.96. The van der Waals surface area contributed by atoms with Crippen LogP contribution in [-0.4, -0.2) is 22.2 Å². The minimum atomic E-state index is -1.01. The summed E-state index contributed by atoms with van der Waals surface area (Å²) in [4.78, 5) is 15.1. The summed E-state index contributed by atoms with van der Waals surface area (Å²) in [6.45, 7) is 0. The molecule has 5 nitrogen and oxygen atoms in total. The monoisotopic (exact) mass is 328 g/mol. The van der Waals surface area contributed by atoms with Crippen LogP contribution < -0.4 is 5.32 Å². The third kappa shape index (κ3) is 2.94. The number of furan rings is 1. The summed E-state index contributed by atoms with van der Waals surface area (Å²) in [7, 11) is 0. The second kappa shape index (κ2) is 5.73. The number of nitrogens with zero attached hydrogens (tertiary/aromatic N) is 1. The normalized spacial score (nSPS) is 22.4. The Balaban J connectivity index is 1.97. The molecule has 0 radical (unpaired) electrons. The van der Waals surface area contributed by atoms with Crippen LogP contribution in [0.15, 0.2) is 16.5 Å². The summed E-state index contributed by atoms with van der Waals surface area (Å²) < 4.78 is 5.82. The maximum Gasteiger partial charge on any atom is 0.404 e. The molecule has 1 amide bonds. The number of halogens is 2.